The zero-order valence-corrected chi connectivity index (χ0v) is 18.8. The second-order valence-electron chi connectivity index (χ2n) is 8.22. The van der Waals surface area contributed by atoms with Gasteiger partial charge >= 0.3 is 0 Å². The van der Waals surface area contributed by atoms with Crippen LogP contribution in [0.2, 0.25) is 0 Å². The minimum atomic E-state index is -0.212. The average Bonchev–Trinajstić information content (AvgIpc) is 3.55. The van der Waals surface area contributed by atoms with E-state index in [1.165, 1.54) is 6.20 Å². The molecule has 1 saturated heterocycles. The lowest BCUT2D eigenvalue weighted by Gasteiger charge is -2.12. The fraction of sp³-hybridized carbons (Fsp3) is 0.478. The van der Waals surface area contributed by atoms with Gasteiger partial charge in [-0.2, -0.15) is 10.2 Å². The number of likely N-dealkylation sites (tertiary alicyclic amines) is 1. The highest BCUT2D eigenvalue weighted by atomic mass is 16.3. The first-order valence-corrected chi connectivity index (χ1v) is 11.3. The Hall–Kier alpha value is -3.04. The predicted octanol–water partition coefficient (Wildman–Crippen LogP) is 2.39. The summed E-state index contributed by atoms with van der Waals surface area (Å²) in [6.07, 6.45) is 13.5. The first kappa shape index (κ1) is 22.2. The van der Waals surface area contributed by atoms with Gasteiger partial charge in [0, 0.05) is 49.4 Å². The summed E-state index contributed by atoms with van der Waals surface area (Å²) >= 11 is 0. The molecule has 3 aromatic rings. The lowest BCUT2D eigenvalue weighted by Crippen LogP contribution is -2.24. The number of hydrogen-bond donors (Lipinski definition) is 2. The van der Waals surface area contributed by atoms with Crippen molar-refractivity contribution in [1.29, 1.82) is 0 Å². The molecule has 0 radical (unpaired) electrons. The quantitative estimate of drug-likeness (QED) is 0.499. The van der Waals surface area contributed by atoms with E-state index in [1.54, 1.807) is 12.4 Å². The zero-order chi connectivity index (χ0) is 22.5. The number of nitrogens with two attached hydrogens (primary N) is 1. The summed E-state index contributed by atoms with van der Waals surface area (Å²) in [6, 6.07) is 2.32. The molecule has 1 aliphatic rings. The molecule has 0 aromatic carbocycles. The van der Waals surface area contributed by atoms with Crippen LogP contribution in [0.25, 0.3) is 22.3 Å². The molecule has 32 heavy (non-hydrogen) atoms. The summed E-state index contributed by atoms with van der Waals surface area (Å²) in [4.78, 5) is 11.7. The number of β-amino-alcohol motifs (C(OH)–C–C–N with tert-alkyl or cyclic N) is 1. The maximum Gasteiger partial charge on any atom is 0.0999 e. The molecule has 1 atom stereocenters. The Bertz CT molecular complexity index is 1090. The highest BCUT2D eigenvalue weighted by Crippen LogP contribution is 2.26. The van der Waals surface area contributed by atoms with Crippen molar-refractivity contribution in [2.75, 3.05) is 26.2 Å². The lowest BCUT2D eigenvalue weighted by atomic mass is 10.1. The molecule has 170 valence electrons. The van der Waals surface area contributed by atoms with Crippen molar-refractivity contribution in [3.05, 3.63) is 42.7 Å². The van der Waals surface area contributed by atoms with Crippen molar-refractivity contribution in [3.8, 4) is 11.3 Å². The van der Waals surface area contributed by atoms with Crippen LogP contribution in [0.4, 0.5) is 0 Å². The van der Waals surface area contributed by atoms with Gasteiger partial charge in [-0.15, -0.1) is 0 Å². The number of nitrogens with zero attached hydrogens (tertiary/aromatic N) is 7. The maximum atomic E-state index is 9.65. The van der Waals surface area contributed by atoms with Crippen LogP contribution in [-0.2, 0) is 0 Å². The summed E-state index contributed by atoms with van der Waals surface area (Å²) in [5.41, 5.74) is 10.0. The molecule has 9 heteroatoms. The second-order valence-corrected chi connectivity index (χ2v) is 8.22. The number of aliphatic imine (C=N–C) groups is 1. The summed E-state index contributed by atoms with van der Waals surface area (Å²) in [5, 5.41) is 18.7. The van der Waals surface area contributed by atoms with E-state index in [-0.39, 0.29) is 6.10 Å². The van der Waals surface area contributed by atoms with Gasteiger partial charge in [-0.1, -0.05) is 13.8 Å². The van der Waals surface area contributed by atoms with Crippen molar-refractivity contribution >= 4 is 17.3 Å². The predicted molar refractivity (Wildman–Crippen MR) is 126 cm³/mol. The molecule has 0 saturated carbocycles. The number of allylic oxidation sites excluding steroid dienone is 1. The number of aromatic nitrogens is 5. The van der Waals surface area contributed by atoms with E-state index in [1.807, 2.05) is 27.7 Å². The second kappa shape index (κ2) is 10.1. The van der Waals surface area contributed by atoms with Crippen molar-refractivity contribution in [1.82, 2.24) is 29.3 Å². The van der Waals surface area contributed by atoms with Crippen molar-refractivity contribution in [2.45, 2.75) is 45.3 Å². The summed E-state index contributed by atoms with van der Waals surface area (Å²) in [7, 11) is 0. The van der Waals surface area contributed by atoms with Crippen LogP contribution in [0.1, 0.15) is 44.8 Å². The van der Waals surface area contributed by atoms with Gasteiger partial charge in [0.05, 0.1) is 54.2 Å². The van der Waals surface area contributed by atoms with E-state index in [4.69, 9.17) is 10.7 Å². The van der Waals surface area contributed by atoms with Gasteiger partial charge in [-0.3, -0.25) is 14.6 Å². The Balaban J connectivity index is 1.57. The van der Waals surface area contributed by atoms with Crippen LogP contribution in [0.5, 0.6) is 0 Å². The fourth-order valence-corrected chi connectivity index (χ4v) is 4.17. The van der Waals surface area contributed by atoms with Gasteiger partial charge in [-0.05, 0) is 25.3 Å². The van der Waals surface area contributed by atoms with E-state index in [0.717, 1.165) is 61.2 Å². The monoisotopic (exact) mass is 436 g/mol. The molecule has 3 N–H and O–H groups in total. The van der Waals surface area contributed by atoms with Crippen LogP contribution < -0.4 is 5.73 Å². The van der Waals surface area contributed by atoms with Gasteiger partial charge in [0.2, 0.25) is 0 Å². The van der Waals surface area contributed by atoms with Crippen molar-refractivity contribution < 1.29 is 5.11 Å². The van der Waals surface area contributed by atoms with Gasteiger partial charge < -0.3 is 10.8 Å². The zero-order valence-electron chi connectivity index (χ0n) is 18.8. The minimum Gasteiger partial charge on any atom is -0.404 e. The molecular formula is C23H32N8O. The summed E-state index contributed by atoms with van der Waals surface area (Å²) in [6.45, 7) is 7.45. The molecule has 1 aliphatic heterocycles. The first-order chi connectivity index (χ1) is 15.6. The molecule has 9 nitrogen and oxygen atoms in total. The smallest absolute Gasteiger partial charge is 0.0999 e. The number of hydrogen-bond acceptors (Lipinski definition) is 7. The molecule has 3 aromatic heterocycles. The molecule has 0 amide bonds. The largest absolute Gasteiger partial charge is 0.404 e. The van der Waals surface area contributed by atoms with Crippen LogP contribution in [-0.4, -0.2) is 72.9 Å². The van der Waals surface area contributed by atoms with E-state index >= 15 is 0 Å². The topological polar surface area (TPSA) is 110 Å². The van der Waals surface area contributed by atoms with E-state index in [2.05, 4.69) is 40.1 Å². The van der Waals surface area contributed by atoms with Gasteiger partial charge in [0.1, 0.15) is 0 Å². The third-order valence-electron chi connectivity index (χ3n) is 6.08. The highest BCUT2D eigenvalue weighted by molar-refractivity contribution is 6.09. The Morgan fingerprint density at radius 3 is 2.88 bits per heavy atom. The van der Waals surface area contributed by atoms with Crippen LogP contribution >= 0.6 is 0 Å². The summed E-state index contributed by atoms with van der Waals surface area (Å²) < 4.78 is 3.84. The molecule has 1 unspecified atom stereocenters. The van der Waals surface area contributed by atoms with Crippen molar-refractivity contribution in [3.63, 3.8) is 0 Å². The number of fused-ring (bicyclic) bond motifs is 1. The fourth-order valence-electron chi connectivity index (χ4n) is 4.17. The molecule has 1 fully saturated rings. The number of rotatable bonds is 9. The van der Waals surface area contributed by atoms with Gasteiger partial charge in [0.25, 0.3) is 0 Å². The third kappa shape index (κ3) is 4.73. The SMILES string of the molecule is CCC(CC)n1cc(-c2nc(C(C=NCCN3CCC(O)C3)=CN)cn3nccc23)cn1. The Morgan fingerprint density at radius 2 is 2.16 bits per heavy atom. The molecule has 4 heterocycles. The number of aliphatic hydroxyl groups is 1. The molecule has 0 aliphatic carbocycles. The minimum absolute atomic E-state index is 0.212. The summed E-state index contributed by atoms with van der Waals surface area (Å²) in [5.74, 6) is 0. The molecule has 0 bridgehead atoms. The number of aliphatic hydroxyl groups excluding tert-OH is 1. The van der Waals surface area contributed by atoms with Gasteiger partial charge in [-0.25, -0.2) is 9.50 Å². The molecule has 4 rings (SSSR count). The maximum absolute atomic E-state index is 9.65. The lowest BCUT2D eigenvalue weighted by molar-refractivity contribution is 0.177. The van der Waals surface area contributed by atoms with E-state index in [9.17, 15) is 5.11 Å². The Kier molecular flexibility index (Phi) is 6.96. The normalized spacial score (nSPS) is 18.0. The average molecular weight is 437 g/mol. The third-order valence-corrected chi connectivity index (χ3v) is 6.08. The highest BCUT2D eigenvalue weighted by Gasteiger charge is 2.19. The molecular weight excluding hydrogens is 404 g/mol. The van der Waals surface area contributed by atoms with Gasteiger partial charge in [0.15, 0.2) is 0 Å². The standard InChI is InChI=1S/C23H32N8O/c1-3-19(4-2)30-14-18(13-27-30)23-22-5-7-26-31(22)16-21(28-23)17(11-24)12-25-8-10-29-9-6-20(32)15-29/h5,7,11-14,16,19-20,32H,3-4,6,8-10,15,24H2,1-2H3. The molecule has 0 spiro atoms. The van der Waals surface area contributed by atoms with Crippen LogP contribution in [0.3, 0.4) is 0 Å². The van der Waals surface area contributed by atoms with Crippen LogP contribution in [0.15, 0.2) is 42.0 Å². The van der Waals surface area contributed by atoms with Crippen LogP contribution in [0, 0.1) is 0 Å². The Labute approximate surface area is 188 Å². The first-order valence-electron chi connectivity index (χ1n) is 11.3. The van der Waals surface area contributed by atoms with E-state index in [0.29, 0.717) is 18.3 Å². The van der Waals surface area contributed by atoms with E-state index < -0.39 is 0 Å². The Morgan fingerprint density at radius 1 is 1.31 bits per heavy atom. The van der Waals surface area contributed by atoms with Crippen molar-refractivity contribution in [2.24, 2.45) is 10.7 Å².